The lowest BCUT2D eigenvalue weighted by atomic mass is 9.91. The van der Waals surface area contributed by atoms with Crippen molar-refractivity contribution in [3.05, 3.63) is 54.1 Å². The first kappa shape index (κ1) is 19.2. The van der Waals surface area contributed by atoms with Crippen molar-refractivity contribution in [1.82, 2.24) is 0 Å². The van der Waals surface area contributed by atoms with E-state index in [-0.39, 0.29) is 17.2 Å². The van der Waals surface area contributed by atoms with Crippen LogP contribution in [0.25, 0.3) is 0 Å². The summed E-state index contributed by atoms with van der Waals surface area (Å²) < 4.78 is 5.18. The van der Waals surface area contributed by atoms with Crippen LogP contribution in [0.4, 0.5) is 11.4 Å². The predicted molar refractivity (Wildman–Crippen MR) is 108 cm³/mol. The predicted octanol–water partition coefficient (Wildman–Crippen LogP) is 3.48. The summed E-state index contributed by atoms with van der Waals surface area (Å²) in [5.41, 5.74) is 2.50. The molecule has 2 aromatic rings. The molecule has 1 aliphatic rings. The third kappa shape index (κ3) is 4.24. The number of amides is 1. The number of rotatable bonds is 6. The van der Waals surface area contributed by atoms with Crippen LogP contribution in [0.5, 0.6) is 5.75 Å². The van der Waals surface area contributed by atoms with Crippen molar-refractivity contribution in [3.63, 3.8) is 0 Å². The summed E-state index contributed by atoms with van der Waals surface area (Å²) in [6, 6.07) is 14.2. The molecule has 1 saturated heterocycles. The van der Waals surface area contributed by atoms with Gasteiger partial charge in [-0.05, 0) is 48.4 Å². The zero-order chi connectivity index (χ0) is 19.4. The number of nitrogens with one attached hydrogen (secondary N) is 1. The van der Waals surface area contributed by atoms with E-state index in [2.05, 4.69) is 21.2 Å². The van der Waals surface area contributed by atoms with Crippen molar-refractivity contribution < 1.29 is 19.4 Å². The average molecular weight is 433 g/mol. The number of carboxylic acid groups (broad SMARTS) is 1. The van der Waals surface area contributed by atoms with Gasteiger partial charge >= 0.3 is 5.97 Å². The van der Waals surface area contributed by atoms with E-state index in [0.29, 0.717) is 12.2 Å². The summed E-state index contributed by atoms with van der Waals surface area (Å²) in [6.45, 7) is 0.654. The number of hydrogen-bond acceptors (Lipinski definition) is 4. The maximum absolute atomic E-state index is 12.0. The van der Waals surface area contributed by atoms with E-state index in [1.807, 2.05) is 41.3 Å². The zero-order valence-corrected chi connectivity index (χ0v) is 16.5. The molecule has 0 aliphatic carbocycles. The standard InChI is InChI=1S/C20H21BrN2O4/c1-27-16-8-2-13(3-9-16)17-10-11-23(19(17)20(25)26)15-6-4-14(5-7-15)22-18(24)12-21/h2-9,17,19H,10-12H2,1H3,(H,22,24)(H,25,26)/t17-,19+/m1/s1. The Balaban J connectivity index is 1.81. The van der Waals surface area contributed by atoms with Crippen molar-refractivity contribution >= 4 is 39.2 Å². The quantitative estimate of drug-likeness (QED) is 0.683. The molecule has 1 aliphatic heterocycles. The number of carboxylic acids is 1. The molecule has 0 bridgehead atoms. The Morgan fingerprint density at radius 3 is 2.41 bits per heavy atom. The molecule has 0 radical (unpaired) electrons. The lowest BCUT2D eigenvalue weighted by Gasteiger charge is -2.27. The Bertz CT molecular complexity index is 808. The lowest BCUT2D eigenvalue weighted by Crippen LogP contribution is -2.39. The molecule has 2 N–H and O–H groups in total. The van der Waals surface area contributed by atoms with Gasteiger partial charge < -0.3 is 20.1 Å². The van der Waals surface area contributed by atoms with Crippen LogP contribution in [-0.2, 0) is 9.59 Å². The van der Waals surface area contributed by atoms with Crippen molar-refractivity contribution in [2.45, 2.75) is 18.4 Å². The average Bonchev–Trinajstić information content (AvgIpc) is 3.14. The number of aliphatic carboxylic acids is 1. The Kier molecular flexibility index (Phi) is 6.01. The van der Waals surface area contributed by atoms with Gasteiger partial charge in [0.15, 0.2) is 0 Å². The van der Waals surface area contributed by atoms with Crippen LogP contribution in [0.2, 0.25) is 0 Å². The van der Waals surface area contributed by atoms with E-state index < -0.39 is 12.0 Å². The van der Waals surface area contributed by atoms with Gasteiger partial charge in [-0.2, -0.15) is 0 Å². The van der Waals surface area contributed by atoms with Gasteiger partial charge in [0.25, 0.3) is 0 Å². The van der Waals surface area contributed by atoms with Gasteiger partial charge in [-0.1, -0.05) is 28.1 Å². The number of ether oxygens (including phenoxy) is 1. The fourth-order valence-corrected chi connectivity index (χ4v) is 3.66. The van der Waals surface area contributed by atoms with Crippen LogP contribution in [0, 0.1) is 0 Å². The molecule has 2 atom stereocenters. The van der Waals surface area contributed by atoms with Crippen molar-refractivity contribution in [1.29, 1.82) is 0 Å². The Morgan fingerprint density at radius 2 is 1.85 bits per heavy atom. The van der Waals surface area contributed by atoms with Gasteiger partial charge in [-0.15, -0.1) is 0 Å². The van der Waals surface area contributed by atoms with Crippen molar-refractivity contribution in [2.24, 2.45) is 0 Å². The van der Waals surface area contributed by atoms with Crippen LogP contribution in [0.3, 0.4) is 0 Å². The summed E-state index contributed by atoms with van der Waals surface area (Å²) in [7, 11) is 1.61. The number of benzene rings is 2. The highest BCUT2D eigenvalue weighted by Gasteiger charge is 2.40. The number of carbonyl (C=O) groups excluding carboxylic acids is 1. The van der Waals surface area contributed by atoms with E-state index in [1.165, 1.54) is 0 Å². The largest absolute Gasteiger partial charge is 0.497 e. The Hall–Kier alpha value is -2.54. The fraction of sp³-hybridized carbons (Fsp3) is 0.300. The second-order valence-corrected chi connectivity index (χ2v) is 6.93. The molecule has 7 heteroatoms. The third-order valence-corrected chi connectivity index (χ3v) is 5.31. The van der Waals surface area contributed by atoms with Crippen LogP contribution in [0.15, 0.2) is 48.5 Å². The summed E-state index contributed by atoms with van der Waals surface area (Å²) in [5, 5.41) is 12.8. The number of methoxy groups -OCH3 is 1. The van der Waals surface area contributed by atoms with Crippen LogP contribution in [0.1, 0.15) is 17.9 Å². The topological polar surface area (TPSA) is 78.9 Å². The molecule has 27 heavy (non-hydrogen) atoms. The van der Waals surface area contributed by atoms with Crippen LogP contribution in [-0.4, -0.2) is 42.0 Å². The highest BCUT2D eigenvalue weighted by atomic mass is 79.9. The number of alkyl halides is 1. The number of carbonyl (C=O) groups is 2. The van der Waals surface area contributed by atoms with Gasteiger partial charge in [0, 0.05) is 23.8 Å². The molecule has 6 nitrogen and oxygen atoms in total. The number of anilines is 2. The SMILES string of the molecule is COc1ccc([C@H]2CCN(c3ccc(NC(=O)CBr)cc3)[C@@H]2C(=O)O)cc1. The van der Waals surface area contributed by atoms with Crippen molar-refractivity contribution in [2.75, 3.05) is 29.2 Å². The van der Waals surface area contributed by atoms with Gasteiger partial charge in [-0.3, -0.25) is 4.79 Å². The van der Waals surface area contributed by atoms with E-state index in [4.69, 9.17) is 4.74 Å². The summed E-state index contributed by atoms with van der Waals surface area (Å²) in [6.07, 6.45) is 0.755. The number of nitrogens with zero attached hydrogens (tertiary/aromatic N) is 1. The monoisotopic (exact) mass is 432 g/mol. The first-order valence-electron chi connectivity index (χ1n) is 8.62. The molecule has 0 aromatic heterocycles. The molecular weight excluding hydrogens is 412 g/mol. The van der Waals surface area contributed by atoms with Gasteiger partial charge in [0.2, 0.25) is 5.91 Å². The smallest absolute Gasteiger partial charge is 0.326 e. The first-order chi connectivity index (χ1) is 13.0. The number of hydrogen-bond donors (Lipinski definition) is 2. The molecule has 2 aromatic carbocycles. The van der Waals surface area contributed by atoms with E-state index in [9.17, 15) is 14.7 Å². The maximum Gasteiger partial charge on any atom is 0.326 e. The minimum absolute atomic E-state index is 0.0961. The Labute approximate surface area is 166 Å². The highest BCUT2D eigenvalue weighted by Crippen LogP contribution is 2.37. The van der Waals surface area contributed by atoms with E-state index in [1.54, 1.807) is 19.2 Å². The number of halogens is 1. The van der Waals surface area contributed by atoms with Crippen LogP contribution < -0.4 is 15.0 Å². The minimum Gasteiger partial charge on any atom is -0.497 e. The molecule has 0 saturated carbocycles. The molecule has 1 amide bonds. The minimum atomic E-state index is -0.843. The van der Waals surface area contributed by atoms with Gasteiger partial charge in [0.1, 0.15) is 11.8 Å². The molecule has 1 fully saturated rings. The summed E-state index contributed by atoms with van der Waals surface area (Å²) in [4.78, 5) is 25.4. The molecule has 0 spiro atoms. The molecule has 1 heterocycles. The Morgan fingerprint density at radius 1 is 1.19 bits per heavy atom. The van der Waals surface area contributed by atoms with Gasteiger partial charge in [-0.25, -0.2) is 4.79 Å². The molecule has 142 valence electrons. The maximum atomic E-state index is 12.0. The van der Waals surface area contributed by atoms with Crippen LogP contribution >= 0.6 is 15.9 Å². The first-order valence-corrected chi connectivity index (χ1v) is 9.75. The summed E-state index contributed by atoms with van der Waals surface area (Å²) >= 11 is 3.11. The fourth-order valence-electron chi connectivity index (χ4n) is 3.52. The molecule has 0 unspecified atom stereocenters. The lowest BCUT2D eigenvalue weighted by molar-refractivity contribution is -0.138. The molecule has 3 rings (SSSR count). The van der Waals surface area contributed by atoms with E-state index in [0.717, 1.165) is 23.4 Å². The second kappa shape index (κ2) is 8.43. The van der Waals surface area contributed by atoms with Crippen molar-refractivity contribution in [3.8, 4) is 5.75 Å². The highest BCUT2D eigenvalue weighted by molar-refractivity contribution is 9.09. The molecular formula is C20H21BrN2O4. The van der Waals surface area contributed by atoms with Gasteiger partial charge in [0.05, 0.1) is 12.4 Å². The third-order valence-electron chi connectivity index (χ3n) is 4.80. The zero-order valence-electron chi connectivity index (χ0n) is 14.9. The normalized spacial score (nSPS) is 19.0. The summed E-state index contributed by atoms with van der Waals surface area (Å²) in [5.74, 6) is -0.320. The van der Waals surface area contributed by atoms with E-state index >= 15 is 0 Å². The second-order valence-electron chi connectivity index (χ2n) is 6.37.